The standard InChI is InChI=1S/C24H28BrNO5/c1-13-20(24(29)31-15-7-4-3-5-8-15)21(22-17(26-13)9-6-10-18(22)27)14-11-16(25)23(28)19(12-14)30-2/h11-12,15,20-21,28H,3-10H2,1-2H3/t20?,21-/m0/s1. The quantitative estimate of drug-likeness (QED) is 0.585. The van der Waals surface area contributed by atoms with Gasteiger partial charge in [0.2, 0.25) is 0 Å². The third-order valence-electron chi connectivity index (χ3n) is 6.55. The first-order valence-corrected chi connectivity index (χ1v) is 11.8. The molecule has 2 aliphatic carbocycles. The molecular formula is C24H28BrNO5. The van der Waals surface area contributed by atoms with Crippen LogP contribution >= 0.6 is 15.9 Å². The molecule has 0 radical (unpaired) electrons. The fraction of sp³-hybridized carbons (Fsp3) is 0.542. The number of benzene rings is 1. The van der Waals surface area contributed by atoms with E-state index in [1.54, 1.807) is 12.1 Å². The summed E-state index contributed by atoms with van der Waals surface area (Å²) >= 11 is 3.38. The number of phenols is 1. The average molecular weight is 490 g/mol. The van der Waals surface area contributed by atoms with Crippen LogP contribution in [-0.4, -0.2) is 35.8 Å². The molecule has 0 aromatic heterocycles. The molecule has 0 amide bonds. The molecule has 3 aliphatic rings. The van der Waals surface area contributed by atoms with E-state index in [4.69, 9.17) is 14.5 Å². The van der Waals surface area contributed by atoms with Gasteiger partial charge in [-0.25, -0.2) is 0 Å². The van der Waals surface area contributed by atoms with Gasteiger partial charge in [0, 0.05) is 29.3 Å². The number of allylic oxidation sites excluding steroid dienone is 2. The molecule has 2 atom stereocenters. The van der Waals surface area contributed by atoms with Crippen molar-refractivity contribution in [3.63, 3.8) is 0 Å². The Morgan fingerprint density at radius 2 is 1.90 bits per heavy atom. The number of aromatic hydroxyl groups is 1. The number of Topliss-reactive ketones (excluding diaryl/α,β-unsaturated/α-hetero) is 1. The number of methoxy groups -OCH3 is 1. The summed E-state index contributed by atoms with van der Waals surface area (Å²) in [4.78, 5) is 31.1. The summed E-state index contributed by atoms with van der Waals surface area (Å²) in [7, 11) is 1.48. The predicted molar refractivity (Wildman–Crippen MR) is 121 cm³/mol. The van der Waals surface area contributed by atoms with Crippen LogP contribution < -0.4 is 4.74 Å². The van der Waals surface area contributed by atoms with E-state index in [0.29, 0.717) is 22.2 Å². The molecule has 0 bridgehead atoms. The highest BCUT2D eigenvalue weighted by atomic mass is 79.9. The molecule has 1 aromatic carbocycles. The summed E-state index contributed by atoms with van der Waals surface area (Å²) < 4.78 is 11.7. The number of ketones is 1. The maximum Gasteiger partial charge on any atom is 0.315 e. The van der Waals surface area contributed by atoms with E-state index in [-0.39, 0.29) is 29.4 Å². The van der Waals surface area contributed by atoms with Gasteiger partial charge in [0.05, 0.1) is 11.6 Å². The molecule has 1 unspecified atom stereocenters. The van der Waals surface area contributed by atoms with Gasteiger partial charge in [-0.05, 0) is 79.1 Å². The maximum absolute atomic E-state index is 13.4. The number of ether oxygens (including phenoxy) is 2. The molecule has 4 rings (SSSR count). The van der Waals surface area contributed by atoms with E-state index in [0.717, 1.165) is 49.8 Å². The van der Waals surface area contributed by atoms with Crippen molar-refractivity contribution in [3.8, 4) is 11.5 Å². The van der Waals surface area contributed by atoms with Crippen molar-refractivity contribution in [3.05, 3.63) is 33.4 Å². The Morgan fingerprint density at radius 3 is 2.61 bits per heavy atom. The van der Waals surface area contributed by atoms with E-state index < -0.39 is 11.8 Å². The van der Waals surface area contributed by atoms with Gasteiger partial charge < -0.3 is 14.6 Å². The number of carbonyl (C=O) groups is 2. The van der Waals surface area contributed by atoms with E-state index in [2.05, 4.69) is 15.9 Å². The smallest absolute Gasteiger partial charge is 0.315 e. The van der Waals surface area contributed by atoms with Crippen LogP contribution in [0.4, 0.5) is 0 Å². The van der Waals surface area contributed by atoms with Gasteiger partial charge in [-0.15, -0.1) is 0 Å². The first-order chi connectivity index (χ1) is 14.9. The molecule has 1 aromatic rings. The Labute approximate surface area is 190 Å². The third kappa shape index (κ3) is 4.29. The monoisotopic (exact) mass is 489 g/mol. The SMILES string of the molecule is COc1cc([C@@H]2C3=C(CCCC3=O)N=C(C)C2C(=O)OC2CCCCC2)cc(Br)c1O. The molecule has 6 nitrogen and oxygen atoms in total. The van der Waals surface area contributed by atoms with Crippen LogP contribution in [0.5, 0.6) is 11.5 Å². The summed E-state index contributed by atoms with van der Waals surface area (Å²) in [5.74, 6) is -1.22. The molecule has 166 valence electrons. The van der Waals surface area contributed by atoms with Crippen LogP contribution in [-0.2, 0) is 14.3 Å². The van der Waals surface area contributed by atoms with Crippen molar-refractivity contribution in [2.45, 2.75) is 70.3 Å². The third-order valence-corrected chi connectivity index (χ3v) is 7.16. The lowest BCUT2D eigenvalue weighted by Crippen LogP contribution is -2.38. The van der Waals surface area contributed by atoms with Gasteiger partial charge in [-0.2, -0.15) is 0 Å². The van der Waals surface area contributed by atoms with E-state index >= 15 is 0 Å². The van der Waals surface area contributed by atoms with E-state index in [9.17, 15) is 14.7 Å². The van der Waals surface area contributed by atoms with Crippen LogP contribution in [0.3, 0.4) is 0 Å². The number of hydrogen-bond donors (Lipinski definition) is 1. The normalized spacial score (nSPS) is 24.5. The molecule has 0 saturated heterocycles. The fourth-order valence-corrected chi connectivity index (χ4v) is 5.48. The van der Waals surface area contributed by atoms with Gasteiger partial charge in [-0.1, -0.05) is 6.42 Å². The van der Waals surface area contributed by atoms with Gasteiger partial charge in [-0.3, -0.25) is 14.6 Å². The molecule has 1 saturated carbocycles. The van der Waals surface area contributed by atoms with Gasteiger partial charge in [0.1, 0.15) is 12.0 Å². The second-order valence-corrected chi connectivity index (χ2v) is 9.45. The Morgan fingerprint density at radius 1 is 1.16 bits per heavy atom. The highest BCUT2D eigenvalue weighted by molar-refractivity contribution is 9.10. The van der Waals surface area contributed by atoms with Crippen LogP contribution in [0.1, 0.15) is 69.8 Å². The number of carbonyl (C=O) groups excluding carboxylic acids is 2. The minimum atomic E-state index is -0.677. The summed E-state index contributed by atoms with van der Waals surface area (Å²) in [6.45, 7) is 1.84. The van der Waals surface area contributed by atoms with Crippen molar-refractivity contribution in [2.24, 2.45) is 10.9 Å². The molecule has 1 heterocycles. The first kappa shape index (κ1) is 22.1. The second-order valence-electron chi connectivity index (χ2n) is 8.60. The van der Waals surface area contributed by atoms with Crippen LogP contribution in [0, 0.1) is 5.92 Å². The van der Waals surface area contributed by atoms with Crippen molar-refractivity contribution in [2.75, 3.05) is 7.11 Å². The minimum absolute atomic E-state index is 0.0158. The summed E-state index contributed by atoms with van der Waals surface area (Å²) in [6.07, 6.45) is 6.92. The summed E-state index contributed by atoms with van der Waals surface area (Å²) in [6, 6.07) is 3.46. The minimum Gasteiger partial charge on any atom is -0.503 e. The van der Waals surface area contributed by atoms with Crippen molar-refractivity contribution in [1.29, 1.82) is 0 Å². The van der Waals surface area contributed by atoms with Crippen molar-refractivity contribution < 1.29 is 24.2 Å². The van der Waals surface area contributed by atoms with Gasteiger partial charge in [0.25, 0.3) is 0 Å². The Balaban J connectivity index is 1.78. The lowest BCUT2D eigenvalue weighted by atomic mass is 9.71. The number of phenolic OH excluding ortho intramolecular Hbond substituents is 1. The van der Waals surface area contributed by atoms with Gasteiger partial charge >= 0.3 is 5.97 Å². The Kier molecular flexibility index (Phi) is 6.51. The topological polar surface area (TPSA) is 85.2 Å². The zero-order valence-corrected chi connectivity index (χ0v) is 19.5. The number of nitrogens with zero attached hydrogens (tertiary/aromatic N) is 1. The Hall–Kier alpha value is -2.15. The molecule has 1 N–H and O–H groups in total. The molecule has 1 fully saturated rings. The lowest BCUT2D eigenvalue weighted by molar-refractivity contribution is -0.153. The number of halogens is 1. The highest BCUT2D eigenvalue weighted by Crippen LogP contribution is 2.47. The van der Waals surface area contributed by atoms with Crippen LogP contribution in [0.15, 0.2) is 32.9 Å². The second kappa shape index (κ2) is 9.15. The molecule has 0 spiro atoms. The summed E-state index contributed by atoms with van der Waals surface area (Å²) in [5, 5.41) is 10.3. The van der Waals surface area contributed by atoms with Crippen molar-refractivity contribution in [1.82, 2.24) is 0 Å². The zero-order valence-electron chi connectivity index (χ0n) is 17.9. The zero-order chi connectivity index (χ0) is 22.1. The first-order valence-electron chi connectivity index (χ1n) is 11.0. The maximum atomic E-state index is 13.4. The van der Waals surface area contributed by atoms with Crippen molar-refractivity contribution >= 4 is 33.4 Å². The number of hydrogen-bond acceptors (Lipinski definition) is 6. The average Bonchev–Trinajstić information content (AvgIpc) is 2.75. The highest BCUT2D eigenvalue weighted by Gasteiger charge is 2.44. The van der Waals surface area contributed by atoms with E-state index in [1.165, 1.54) is 13.5 Å². The predicted octanol–water partition coefficient (Wildman–Crippen LogP) is 5.22. The number of esters is 1. The fourth-order valence-electron chi connectivity index (χ4n) is 5.02. The summed E-state index contributed by atoms with van der Waals surface area (Å²) in [5.41, 5.74) is 2.76. The van der Waals surface area contributed by atoms with E-state index in [1.807, 2.05) is 6.92 Å². The van der Waals surface area contributed by atoms with Gasteiger partial charge in [0.15, 0.2) is 17.3 Å². The largest absolute Gasteiger partial charge is 0.503 e. The van der Waals surface area contributed by atoms with Crippen LogP contribution in [0.2, 0.25) is 0 Å². The van der Waals surface area contributed by atoms with Crippen LogP contribution in [0.25, 0.3) is 0 Å². The Bertz CT molecular complexity index is 961. The molecule has 7 heteroatoms. The lowest BCUT2D eigenvalue weighted by Gasteiger charge is -2.35. The molecular weight excluding hydrogens is 462 g/mol. The number of aliphatic imine (C=N–C) groups is 1. The molecule has 31 heavy (non-hydrogen) atoms. The molecule has 1 aliphatic heterocycles. The number of rotatable bonds is 4.